The highest BCUT2D eigenvalue weighted by atomic mass is 16.4. The minimum atomic E-state index is -1.07. The Bertz CT molecular complexity index is 814. The van der Waals surface area contributed by atoms with Crippen LogP contribution >= 0.6 is 0 Å². The number of carbonyl (C=O) groups is 2. The highest BCUT2D eigenvalue weighted by Crippen LogP contribution is 2.67. The van der Waals surface area contributed by atoms with E-state index in [9.17, 15) is 19.8 Å². The molecule has 4 rings (SSSR count). The summed E-state index contributed by atoms with van der Waals surface area (Å²) in [5.74, 6) is 3.08. The fourth-order valence-electron chi connectivity index (χ4n) is 8.98. The summed E-state index contributed by atoms with van der Waals surface area (Å²) in [5, 5.41) is 20.2. The summed E-state index contributed by atoms with van der Waals surface area (Å²) in [7, 11) is 0. The van der Waals surface area contributed by atoms with Gasteiger partial charge in [-0.3, -0.25) is 9.59 Å². The van der Waals surface area contributed by atoms with Crippen LogP contribution in [0.1, 0.15) is 105 Å². The van der Waals surface area contributed by atoms with Crippen molar-refractivity contribution in [1.82, 2.24) is 0 Å². The Hall–Kier alpha value is -1.16. The van der Waals surface area contributed by atoms with E-state index in [0.717, 1.165) is 31.6 Å². The van der Waals surface area contributed by atoms with E-state index in [2.05, 4.69) is 26.8 Å². The molecule has 8 atom stereocenters. The Kier molecular flexibility index (Phi) is 6.66. The molecule has 0 radical (unpaired) electrons. The molecule has 3 fully saturated rings. The van der Waals surface area contributed by atoms with Crippen molar-refractivity contribution in [2.45, 2.75) is 111 Å². The molecule has 0 spiro atoms. The van der Waals surface area contributed by atoms with Crippen LogP contribution in [0.5, 0.6) is 0 Å². The summed E-state index contributed by atoms with van der Waals surface area (Å²) >= 11 is 0. The normalized spacial score (nSPS) is 43.3. The number of carboxylic acids is 1. The fourth-order valence-corrected chi connectivity index (χ4v) is 8.98. The van der Waals surface area contributed by atoms with Crippen LogP contribution in [0.2, 0.25) is 0 Å². The summed E-state index contributed by atoms with van der Waals surface area (Å²) in [4.78, 5) is 23.5. The van der Waals surface area contributed by atoms with Crippen LogP contribution in [0.4, 0.5) is 0 Å². The molecule has 0 heterocycles. The van der Waals surface area contributed by atoms with Crippen LogP contribution in [0, 0.1) is 46.3 Å². The second kappa shape index (κ2) is 8.81. The van der Waals surface area contributed by atoms with Gasteiger partial charge in [0.2, 0.25) is 0 Å². The lowest BCUT2D eigenvalue weighted by Crippen LogP contribution is -2.52. The van der Waals surface area contributed by atoms with Crippen LogP contribution < -0.4 is 0 Å². The number of aliphatic carboxylic acids is 1. The zero-order valence-corrected chi connectivity index (χ0v) is 21.5. The van der Waals surface area contributed by atoms with E-state index >= 15 is 0 Å². The summed E-state index contributed by atoms with van der Waals surface area (Å²) in [6.45, 7) is 11.4. The van der Waals surface area contributed by atoms with E-state index in [1.165, 1.54) is 31.3 Å². The number of hydrogen-bond acceptors (Lipinski definition) is 3. The summed E-state index contributed by atoms with van der Waals surface area (Å²) in [6.07, 6.45) is 12.3. The predicted octanol–water partition coefficient (Wildman–Crippen LogP) is 6.41. The molecular formula is C29H46O4. The van der Waals surface area contributed by atoms with Crippen LogP contribution in [0.3, 0.4) is 0 Å². The molecule has 0 aromatic carbocycles. The van der Waals surface area contributed by atoms with Gasteiger partial charge in [0.25, 0.3) is 0 Å². The molecule has 4 nitrogen and oxygen atoms in total. The molecule has 33 heavy (non-hydrogen) atoms. The molecule has 2 N–H and O–H groups in total. The Balaban J connectivity index is 1.49. The quantitative estimate of drug-likeness (QED) is 0.432. The maximum atomic E-state index is 12.2. The average Bonchev–Trinajstić information content (AvgIpc) is 3.09. The van der Waals surface area contributed by atoms with Gasteiger partial charge in [0.15, 0.2) is 0 Å². The van der Waals surface area contributed by atoms with E-state index in [0.29, 0.717) is 47.7 Å². The van der Waals surface area contributed by atoms with Gasteiger partial charge in [-0.25, -0.2) is 0 Å². The largest absolute Gasteiger partial charge is 0.481 e. The maximum absolute atomic E-state index is 12.2. The predicted molar refractivity (Wildman–Crippen MR) is 131 cm³/mol. The highest BCUT2D eigenvalue weighted by molar-refractivity contribution is 5.80. The number of carbonyl (C=O) groups excluding carboxylic acids is 1. The Morgan fingerprint density at radius 1 is 1.06 bits per heavy atom. The van der Waals surface area contributed by atoms with E-state index < -0.39 is 11.6 Å². The van der Waals surface area contributed by atoms with Crippen LogP contribution in [0.25, 0.3) is 0 Å². The standard InChI is InChI=1S/C29H46O4/c1-18(2)25(30)11-6-19(3)22-9-10-23-21-8-7-20-16-29(33,17-26(31)32)15-14-27(20,4)24(21)12-13-28(22,23)5/h7,18-19,21-24,33H,6,8-17H2,1-5H3,(H,31,32)/t19-,21+,22-,23+,24+,27+,28-,29+/m1/s1. The lowest BCUT2D eigenvalue weighted by atomic mass is 9.46. The van der Waals surface area contributed by atoms with Gasteiger partial charge in [-0.1, -0.05) is 46.3 Å². The first-order chi connectivity index (χ1) is 15.4. The Morgan fingerprint density at radius 2 is 1.79 bits per heavy atom. The molecule has 0 unspecified atom stereocenters. The Labute approximate surface area is 200 Å². The molecule has 186 valence electrons. The third kappa shape index (κ3) is 4.34. The molecule has 0 saturated heterocycles. The van der Waals surface area contributed by atoms with E-state index in [1.807, 2.05) is 13.8 Å². The number of hydrogen-bond donors (Lipinski definition) is 2. The second-order valence-corrected chi connectivity index (χ2v) is 13.1. The van der Waals surface area contributed by atoms with Crippen molar-refractivity contribution in [2.24, 2.45) is 46.3 Å². The van der Waals surface area contributed by atoms with E-state index in [4.69, 9.17) is 0 Å². The Morgan fingerprint density at radius 3 is 2.45 bits per heavy atom. The first kappa shape index (κ1) is 24.9. The molecule has 0 amide bonds. The average molecular weight is 459 g/mol. The first-order valence-electron chi connectivity index (χ1n) is 13.6. The zero-order valence-electron chi connectivity index (χ0n) is 21.5. The van der Waals surface area contributed by atoms with Gasteiger partial charge in [0.1, 0.15) is 5.78 Å². The van der Waals surface area contributed by atoms with Crippen LogP contribution in [-0.4, -0.2) is 27.6 Å². The summed E-state index contributed by atoms with van der Waals surface area (Å²) in [6, 6.07) is 0. The third-order valence-corrected chi connectivity index (χ3v) is 11.0. The number of ketones is 1. The van der Waals surface area contributed by atoms with Crippen LogP contribution in [-0.2, 0) is 9.59 Å². The topological polar surface area (TPSA) is 74.6 Å². The maximum Gasteiger partial charge on any atom is 0.306 e. The number of allylic oxidation sites excluding steroid dienone is 1. The molecule has 4 heteroatoms. The minimum Gasteiger partial charge on any atom is -0.481 e. The molecule has 0 aliphatic heterocycles. The molecule has 3 saturated carbocycles. The van der Waals surface area contributed by atoms with Crippen molar-refractivity contribution in [3.05, 3.63) is 11.6 Å². The van der Waals surface area contributed by atoms with Crippen molar-refractivity contribution >= 4 is 11.8 Å². The van der Waals surface area contributed by atoms with Gasteiger partial charge in [0, 0.05) is 12.3 Å². The molecule has 4 aliphatic rings. The van der Waals surface area contributed by atoms with Gasteiger partial charge in [-0.15, -0.1) is 0 Å². The number of rotatable bonds is 7. The van der Waals surface area contributed by atoms with Crippen molar-refractivity contribution in [3.8, 4) is 0 Å². The molecule has 0 aromatic rings. The highest BCUT2D eigenvalue weighted by Gasteiger charge is 2.60. The van der Waals surface area contributed by atoms with Gasteiger partial charge in [-0.2, -0.15) is 0 Å². The fraction of sp³-hybridized carbons (Fsp3) is 0.862. The smallest absolute Gasteiger partial charge is 0.306 e. The van der Waals surface area contributed by atoms with Gasteiger partial charge >= 0.3 is 5.97 Å². The lowest BCUT2D eigenvalue weighted by Gasteiger charge is -2.59. The number of carboxylic acid groups (broad SMARTS) is 1. The first-order valence-corrected chi connectivity index (χ1v) is 13.6. The van der Waals surface area contributed by atoms with Crippen molar-refractivity contribution in [2.75, 3.05) is 0 Å². The third-order valence-electron chi connectivity index (χ3n) is 11.0. The molecular weight excluding hydrogens is 412 g/mol. The minimum absolute atomic E-state index is 0.113. The van der Waals surface area contributed by atoms with Gasteiger partial charge in [-0.05, 0) is 98.2 Å². The molecule has 0 aromatic heterocycles. The number of Topliss-reactive ketones (excluding diaryl/α,β-unsaturated/α-hetero) is 1. The monoisotopic (exact) mass is 458 g/mol. The van der Waals surface area contributed by atoms with E-state index in [-0.39, 0.29) is 17.8 Å². The molecule has 0 bridgehead atoms. The number of aliphatic hydroxyl groups is 1. The van der Waals surface area contributed by atoms with Crippen LogP contribution in [0.15, 0.2) is 11.6 Å². The van der Waals surface area contributed by atoms with Crippen molar-refractivity contribution < 1.29 is 19.8 Å². The summed E-state index contributed by atoms with van der Waals surface area (Å²) in [5.41, 5.74) is 0.746. The van der Waals surface area contributed by atoms with Gasteiger partial charge in [0.05, 0.1) is 12.0 Å². The van der Waals surface area contributed by atoms with Gasteiger partial charge < -0.3 is 10.2 Å². The molecule has 4 aliphatic carbocycles. The summed E-state index contributed by atoms with van der Waals surface area (Å²) < 4.78 is 0. The van der Waals surface area contributed by atoms with E-state index in [1.54, 1.807) is 0 Å². The SMILES string of the molecule is CC(C)C(=O)CC[C@@H](C)[C@H]1CC[C@H]2[C@@H]3CC=C4C[C@](O)(CC(=O)O)CC[C@]4(C)[C@H]3CC[C@]12C. The van der Waals surface area contributed by atoms with Crippen molar-refractivity contribution in [3.63, 3.8) is 0 Å². The second-order valence-electron chi connectivity index (χ2n) is 13.1. The lowest BCUT2D eigenvalue weighted by molar-refractivity contribution is -0.145. The number of fused-ring (bicyclic) bond motifs is 5. The van der Waals surface area contributed by atoms with Crippen molar-refractivity contribution in [1.29, 1.82) is 0 Å². The zero-order chi connectivity index (χ0) is 24.2.